The molecule has 7 heteroatoms. The van der Waals surface area contributed by atoms with Gasteiger partial charge >= 0.3 is 23.1 Å². The van der Waals surface area contributed by atoms with E-state index in [2.05, 4.69) is 243 Å². The Morgan fingerprint density at radius 1 is 0.271 bits per heavy atom. The number of anilines is 4. The quantitative estimate of drug-likeness (QED) is 0.132. The van der Waals surface area contributed by atoms with Crippen LogP contribution in [-0.4, -0.2) is 38.2 Å². The third kappa shape index (κ3) is 10.7. The largest absolute Gasteiger partial charge is 2.00 e. The van der Waals surface area contributed by atoms with Crippen LogP contribution >= 0.6 is 0 Å². The van der Waals surface area contributed by atoms with Gasteiger partial charge in [0.15, 0.2) is 0 Å². The van der Waals surface area contributed by atoms with Crippen molar-refractivity contribution in [3.05, 3.63) is 142 Å². The van der Waals surface area contributed by atoms with Crippen LogP contribution in [0.5, 0.6) is 0 Å². The summed E-state index contributed by atoms with van der Waals surface area (Å²) in [6, 6.07) is 27.0. The van der Waals surface area contributed by atoms with Crippen LogP contribution in [0.15, 0.2) is 97.6 Å². The molecule has 2 aliphatic heterocycles. The zero-order chi connectivity index (χ0) is 42.6. The smallest absolute Gasteiger partial charge is 0.564 e. The molecule has 0 N–H and O–H groups in total. The predicted octanol–water partition coefficient (Wildman–Crippen LogP) is 14.6. The molecule has 0 atom stereocenters. The summed E-state index contributed by atoms with van der Waals surface area (Å²) in [6.45, 7) is 36.5. The van der Waals surface area contributed by atoms with Gasteiger partial charge in [0.25, 0.3) is 0 Å². The third-order valence-corrected chi connectivity index (χ3v) is 11.7. The van der Waals surface area contributed by atoms with E-state index in [1.165, 1.54) is 67.3 Å². The van der Waals surface area contributed by atoms with Crippen molar-refractivity contribution in [1.82, 2.24) is 0 Å². The summed E-state index contributed by atoms with van der Waals surface area (Å²) in [5, 5.41) is 0. The van der Waals surface area contributed by atoms with Crippen LogP contribution in [0, 0.1) is 0 Å². The van der Waals surface area contributed by atoms with E-state index < -0.39 is 0 Å². The number of para-hydroxylation sites is 4. The minimum Gasteiger partial charge on any atom is -0.564 e. The number of hydrogen-bond donors (Lipinski definition) is 0. The van der Waals surface area contributed by atoms with Crippen molar-refractivity contribution >= 4 is 60.9 Å². The molecule has 0 unspecified atom stereocenters. The molecule has 0 aliphatic carbocycles. The Morgan fingerprint density at radius 3 is 0.525 bits per heavy atom. The van der Waals surface area contributed by atoms with Gasteiger partial charge in [-0.1, -0.05) is 199 Å². The fourth-order valence-corrected chi connectivity index (χ4v) is 8.48. The third-order valence-electron chi connectivity index (χ3n) is 11.7. The van der Waals surface area contributed by atoms with E-state index in [0.717, 1.165) is 0 Å². The number of hydrogen-bond acceptors (Lipinski definition) is 4. The van der Waals surface area contributed by atoms with Gasteiger partial charge in [-0.25, -0.2) is 0 Å². The Kier molecular flexibility index (Phi) is 17.0. The fourth-order valence-electron chi connectivity index (χ4n) is 8.48. The molecule has 4 radical (unpaired) electrons. The molecule has 0 bridgehead atoms. The van der Waals surface area contributed by atoms with Crippen LogP contribution in [0.2, 0.25) is 0 Å². The van der Waals surface area contributed by atoms with Gasteiger partial charge in [0, 0.05) is 22.7 Å². The van der Waals surface area contributed by atoms with Crippen LogP contribution < -0.4 is 19.2 Å². The van der Waals surface area contributed by atoms with E-state index in [1.54, 1.807) is 0 Å². The zero-order valence-corrected chi connectivity index (χ0v) is 40.9. The summed E-state index contributed by atoms with van der Waals surface area (Å²) in [4.78, 5) is 9.30. The maximum Gasteiger partial charge on any atom is 2.00 e. The van der Waals surface area contributed by atoms with Gasteiger partial charge in [-0.3, -0.25) is 0 Å². The Balaban J connectivity index is 0.000000256. The van der Waals surface area contributed by atoms with Gasteiger partial charge < -0.3 is 19.2 Å². The van der Waals surface area contributed by atoms with E-state index >= 15 is 0 Å². The van der Waals surface area contributed by atoms with E-state index in [1.807, 2.05) is 0 Å². The molecule has 0 aromatic heterocycles. The molecule has 0 spiro atoms. The number of rotatable bonds is 12. The topological polar surface area (TPSA) is 13.0 Å². The second-order valence-corrected chi connectivity index (χ2v) is 18.8. The molecule has 2 aliphatic rings. The van der Waals surface area contributed by atoms with Gasteiger partial charge in [0.05, 0.1) is 0 Å². The minimum atomic E-state index is 0. The first kappa shape index (κ1) is 48.1. The van der Waals surface area contributed by atoms with Crippen LogP contribution in [0.3, 0.4) is 0 Å². The molecular formula is C52H72B2MgN4. The van der Waals surface area contributed by atoms with Crippen LogP contribution in [-0.2, 0) is 0 Å². The normalized spacial score (nSPS) is 14.1. The molecule has 59 heavy (non-hydrogen) atoms. The molecule has 4 aromatic carbocycles. The predicted molar refractivity (Wildman–Crippen MR) is 264 cm³/mol. The number of benzene rings is 4. The molecule has 4 nitrogen and oxygen atoms in total. The standard InChI is InChI=1S/2C26H36BN2.Mg/c2*1-17(2)21-11-9-12-22(18(3)4)25(21)28-15-16-29(27-28)26-23(19(5)6)13-10-14-24(26)20(7)8;/h2*9-20H,1-8H3;/q2*-1;+2. The molecule has 4 aromatic rings. The van der Waals surface area contributed by atoms with E-state index in [4.69, 9.17) is 0 Å². The first-order valence-electron chi connectivity index (χ1n) is 22.1. The molecule has 6 rings (SSSR count). The average Bonchev–Trinajstić information content (AvgIpc) is 3.87. The molecule has 0 amide bonds. The Bertz CT molecular complexity index is 1670. The Morgan fingerprint density at radius 2 is 0.407 bits per heavy atom. The van der Waals surface area contributed by atoms with Crippen molar-refractivity contribution in [2.45, 2.75) is 158 Å². The Labute approximate surface area is 378 Å². The molecule has 308 valence electrons. The van der Waals surface area contributed by atoms with Crippen molar-refractivity contribution in [3.8, 4) is 0 Å². The van der Waals surface area contributed by atoms with Crippen molar-refractivity contribution in [3.63, 3.8) is 0 Å². The first-order chi connectivity index (χ1) is 27.4. The summed E-state index contributed by atoms with van der Waals surface area (Å²) in [5.41, 5.74) is 16.6. The van der Waals surface area contributed by atoms with Gasteiger partial charge in [0.1, 0.15) is 0 Å². The Hall–Kier alpha value is -3.54. The zero-order valence-electron chi connectivity index (χ0n) is 39.5. The average molecular weight is 799 g/mol. The second kappa shape index (κ2) is 20.8. The van der Waals surface area contributed by atoms with Gasteiger partial charge in [-0.2, -0.15) is 0 Å². The molecule has 0 saturated heterocycles. The summed E-state index contributed by atoms with van der Waals surface area (Å²) < 4.78 is 0. The van der Waals surface area contributed by atoms with E-state index in [0.29, 0.717) is 47.3 Å². The van der Waals surface area contributed by atoms with E-state index in [-0.39, 0.29) is 23.1 Å². The molecule has 0 saturated carbocycles. The fraction of sp³-hybridized carbons (Fsp3) is 0.462. The maximum absolute atomic E-state index is 2.33. The van der Waals surface area contributed by atoms with Gasteiger partial charge in [-0.15, -0.1) is 0 Å². The van der Waals surface area contributed by atoms with Crippen LogP contribution in [0.1, 0.15) is 203 Å². The van der Waals surface area contributed by atoms with Crippen molar-refractivity contribution in [2.24, 2.45) is 0 Å². The SMILES string of the molecule is CC(C)c1cccc(C(C)C)c1N1[B-]N(c2c(C(C)C)cccc2C(C)C)C=C1.CC(C)c1cccc(C(C)C)c1N1[B-]N(c2c(C(C)C)cccc2C(C)C)C=C1.[Mg+2]. The molecule has 0 fully saturated rings. The van der Waals surface area contributed by atoms with Crippen LogP contribution in [0.25, 0.3) is 0 Å². The monoisotopic (exact) mass is 799 g/mol. The van der Waals surface area contributed by atoms with E-state index in [9.17, 15) is 0 Å². The summed E-state index contributed by atoms with van der Waals surface area (Å²) in [5.74, 6) is 3.84. The first-order valence-corrected chi connectivity index (χ1v) is 22.1. The van der Waals surface area contributed by atoms with Crippen molar-refractivity contribution in [1.29, 1.82) is 0 Å². The van der Waals surface area contributed by atoms with Crippen LogP contribution in [0.4, 0.5) is 22.7 Å². The van der Waals surface area contributed by atoms with Gasteiger partial charge in [-0.05, 0) is 117 Å². The second-order valence-electron chi connectivity index (χ2n) is 18.8. The minimum absolute atomic E-state index is 0. The summed E-state index contributed by atoms with van der Waals surface area (Å²) >= 11 is 0. The summed E-state index contributed by atoms with van der Waals surface area (Å²) in [6.07, 6.45) is 8.87. The van der Waals surface area contributed by atoms with Gasteiger partial charge in [0.2, 0.25) is 0 Å². The number of nitrogens with zero attached hydrogens (tertiary/aromatic N) is 4. The maximum atomic E-state index is 2.33. The molecular weight excluding hydrogens is 727 g/mol. The summed E-state index contributed by atoms with van der Waals surface area (Å²) in [7, 11) is 4.53. The molecule has 2 heterocycles. The van der Waals surface area contributed by atoms with Crippen molar-refractivity contribution in [2.75, 3.05) is 19.2 Å². The van der Waals surface area contributed by atoms with Crippen molar-refractivity contribution < 1.29 is 0 Å².